The van der Waals surface area contributed by atoms with E-state index < -0.39 is 27.3 Å². The second-order valence-electron chi connectivity index (χ2n) is 6.69. The molecule has 0 spiro atoms. The molecule has 3 rings (SSSR count). The van der Waals surface area contributed by atoms with Crippen molar-refractivity contribution < 1.29 is 26.3 Å². The highest BCUT2D eigenvalue weighted by Crippen LogP contribution is 2.30. The number of sulfonamides is 1. The van der Waals surface area contributed by atoms with E-state index in [1.54, 1.807) is 18.2 Å². The van der Waals surface area contributed by atoms with E-state index in [1.807, 2.05) is 13.8 Å². The second kappa shape index (κ2) is 6.56. The molecule has 1 aliphatic rings. The Morgan fingerprint density at radius 3 is 2.26 bits per heavy atom. The summed E-state index contributed by atoms with van der Waals surface area (Å²) in [4.78, 5) is 4.15. The molecule has 0 bridgehead atoms. The summed E-state index contributed by atoms with van der Waals surface area (Å²) in [6, 6.07) is 9.83. The van der Waals surface area contributed by atoms with Crippen LogP contribution in [0.15, 0.2) is 58.4 Å². The van der Waals surface area contributed by atoms with Gasteiger partial charge in [0.2, 0.25) is 5.90 Å². The first-order chi connectivity index (χ1) is 12.5. The highest BCUT2D eigenvalue weighted by Gasteiger charge is 2.31. The molecule has 144 valence electrons. The number of hydrogen-bond acceptors (Lipinski definition) is 4. The maximum absolute atomic E-state index is 12.7. The van der Waals surface area contributed by atoms with E-state index in [2.05, 4.69) is 9.71 Å². The van der Waals surface area contributed by atoms with Crippen LogP contribution in [-0.4, -0.2) is 26.5 Å². The lowest BCUT2D eigenvalue weighted by molar-refractivity contribution is -0.137. The maximum atomic E-state index is 12.7. The van der Waals surface area contributed by atoms with Crippen molar-refractivity contribution >= 4 is 21.6 Å². The van der Waals surface area contributed by atoms with Crippen LogP contribution in [0.5, 0.6) is 0 Å². The van der Waals surface area contributed by atoms with Crippen molar-refractivity contribution in [2.24, 2.45) is 4.99 Å². The minimum atomic E-state index is -4.53. The summed E-state index contributed by atoms with van der Waals surface area (Å²) < 4.78 is 71.1. The molecule has 0 fully saturated rings. The van der Waals surface area contributed by atoms with Crippen LogP contribution in [0.3, 0.4) is 0 Å². The Bertz CT molecular complexity index is 982. The molecule has 9 heteroatoms. The lowest BCUT2D eigenvalue weighted by atomic mass is 10.1. The first-order valence-electron chi connectivity index (χ1n) is 8.00. The number of nitrogens with zero attached hydrogens (tertiary/aromatic N) is 1. The van der Waals surface area contributed by atoms with Crippen LogP contribution in [0, 0.1) is 0 Å². The van der Waals surface area contributed by atoms with Gasteiger partial charge in [-0.3, -0.25) is 4.72 Å². The minimum Gasteiger partial charge on any atom is -0.475 e. The molecule has 0 radical (unpaired) electrons. The van der Waals surface area contributed by atoms with Crippen LogP contribution in [0.2, 0.25) is 0 Å². The van der Waals surface area contributed by atoms with Crippen LogP contribution >= 0.6 is 0 Å². The van der Waals surface area contributed by atoms with Crippen molar-refractivity contribution in [2.45, 2.75) is 30.5 Å². The van der Waals surface area contributed by atoms with Crippen molar-refractivity contribution in [3.63, 3.8) is 0 Å². The first kappa shape index (κ1) is 19.2. The lowest BCUT2D eigenvalue weighted by Gasteiger charge is -2.13. The summed E-state index contributed by atoms with van der Waals surface area (Å²) in [6.07, 6.45) is -4.53. The molecule has 0 aliphatic carbocycles. The molecule has 1 aliphatic heterocycles. The zero-order chi connectivity index (χ0) is 19.9. The third kappa shape index (κ3) is 4.24. The van der Waals surface area contributed by atoms with E-state index in [-0.39, 0.29) is 10.6 Å². The quantitative estimate of drug-likeness (QED) is 0.845. The maximum Gasteiger partial charge on any atom is 0.416 e. The second-order valence-corrected chi connectivity index (χ2v) is 8.37. The van der Waals surface area contributed by atoms with E-state index in [1.165, 1.54) is 6.07 Å². The zero-order valence-corrected chi connectivity index (χ0v) is 15.4. The van der Waals surface area contributed by atoms with Gasteiger partial charge in [-0.2, -0.15) is 13.2 Å². The molecule has 2 aromatic carbocycles. The number of alkyl halides is 3. The van der Waals surface area contributed by atoms with Gasteiger partial charge < -0.3 is 4.74 Å². The van der Waals surface area contributed by atoms with Crippen LogP contribution < -0.4 is 4.72 Å². The molecular formula is C18H17F3N2O3S. The van der Waals surface area contributed by atoms with Gasteiger partial charge in [-0.15, -0.1) is 0 Å². The molecule has 5 nitrogen and oxygen atoms in total. The Labute approximate surface area is 154 Å². The predicted octanol–water partition coefficient (Wildman–Crippen LogP) is 4.06. The molecule has 0 unspecified atom stereocenters. The molecule has 27 heavy (non-hydrogen) atoms. The number of halogens is 3. The van der Waals surface area contributed by atoms with E-state index in [0.29, 0.717) is 18.1 Å². The SMILES string of the molecule is CC1(C)COC(c2ccccc2NS(=O)(=O)c2ccc(C(F)(F)F)cc2)=N1. The van der Waals surface area contributed by atoms with Gasteiger partial charge >= 0.3 is 6.18 Å². The Balaban J connectivity index is 1.91. The van der Waals surface area contributed by atoms with Crippen LogP contribution in [0.25, 0.3) is 0 Å². The third-order valence-electron chi connectivity index (χ3n) is 3.86. The Morgan fingerprint density at radius 2 is 1.70 bits per heavy atom. The van der Waals surface area contributed by atoms with Gasteiger partial charge in [-0.1, -0.05) is 12.1 Å². The number of nitrogens with one attached hydrogen (secondary N) is 1. The number of ether oxygens (including phenoxy) is 1. The fraction of sp³-hybridized carbons (Fsp3) is 0.278. The highest BCUT2D eigenvalue weighted by atomic mass is 32.2. The number of aliphatic imine (C=N–C) groups is 1. The van der Waals surface area contributed by atoms with Crippen LogP contribution in [0.4, 0.5) is 18.9 Å². The third-order valence-corrected chi connectivity index (χ3v) is 5.24. The predicted molar refractivity (Wildman–Crippen MR) is 95.3 cm³/mol. The summed E-state index contributed by atoms with van der Waals surface area (Å²) in [7, 11) is -4.08. The van der Waals surface area contributed by atoms with Crippen molar-refractivity contribution in [1.82, 2.24) is 0 Å². The normalized spacial score (nSPS) is 16.6. The van der Waals surface area contributed by atoms with Gasteiger partial charge in [-0.05, 0) is 50.2 Å². The molecule has 0 aromatic heterocycles. The lowest BCUT2D eigenvalue weighted by Crippen LogP contribution is -2.17. The zero-order valence-electron chi connectivity index (χ0n) is 14.5. The highest BCUT2D eigenvalue weighted by molar-refractivity contribution is 7.92. The molecule has 0 amide bonds. The fourth-order valence-corrected chi connectivity index (χ4v) is 3.59. The summed E-state index contributed by atoms with van der Waals surface area (Å²) in [5.41, 5.74) is -0.653. The average Bonchev–Trinajstić information content (AvgIpc) is 2.94. The molecule has 2 aromatic rings. The first-order valence-corrected chi connectivity index (χ1v) is 9.48. The fourth-order valence-electron chi connectivity index (χ4n) is 2.51. The monoisotopic (exact) mass is 398 g/mol. The Kier molecular flexibility index (Phi) is 4.67. The smallest absolute Gasteiger partial charge is 0.416 e. The van der Waals surface area contributed by atoms with Crippen molar-refractivity contribution in [1.29, 1.82) is 0 Å². The number of anilines is 1. The van der Waals surface area contributed by atoms with Gasteiger partial charge in [-0.25, -0.2) is 13.4 Å². The van der Waals surface area contributed by atoms with Crippen LogP contribution in [0.1, 0.15) is 25.0 Å². The molecule has 0 saturated heterocycles. The molecule has 1 N–H and O–H groups in total. The van der Waals surface area contributed by atoms with Gasteiger partial charge in [0.05, 0.1) is 27.2 Å². The van der Waals surface area contributed by atoms with E-state index >= 15 is 0 Å². The van der Waals surface area contributed by atoms with Gasteiger partial charge in [0.25, 0.3) is 10.0 Å². The Morgan fingerprint density at radius 1 is 1.07 bits per heavy atom. The number of rotatable bonds is 4. The topological polar surface area (TPSA) is 67.8 Å². The molecule has 1 heterocycles. The summed E-state index contributed by atoms with van der Waals surface area (Å²) in [5.74, 6) is 0.311. The number of para-hydroxylation sites is 1. The molecule has 0 atom stereocenters. The standard InChI is InChI=1S/C18H17F3N2O3S/c1-17(2)11-26-16(22-17)14-5-3-4-6-15(14)23-27(24,25)13-9-7-12(8-10-13)18(19,20)21/h3-10,23H,11H2,1-2H3. The summed E-state index contributed by atoms with van der Waals surface area (Å²) in [5, 5.41) is 0. The van der Waals surface area contributed by atoms with Gasteiger partial charge in [0, 0.05) is 0 Å². The molecular weight excluding hydrogens is 381 g/mol. The van der Waals surface area contributed by atoms with E-state index in [9.17, 15) is 21.6 Å². The largest absolute Gasteiger partial charge is 0.475 e. The summed E-state index contributed by atoms with van der Waals surface area (Å²) in [6.45, 7) is 4.13. The average molecular weight is 398 g/mol. The number of benzene rings is 2. The van der Waals surface area contributed by atoms with Gasteiger partial charge in [0.15, 0.2) is 0 Å². The van der Waals surface area contributed by atoms with Crippen molar-refractivity contribution in [3.8, 4) is 0 Å². The van der Waals surface area contributed by atoms with E-state index in [0.717, 1.165) is 24.3 Å². The van der Waals surface area contributed by atoms with E-state index in [4.69, 9.17) is 4.74 Å². The van der Waals surface area contributed by atoms with Gasteiger partial charge in [0.1, 0.15) is 6.61 Å². The summed E-state index contributed by atoms with van der Waals surface area (Å²) >= 11 is 0. The van der Waals surface area contributed by atoms with Crippen LogP contribution in [-0.2, 0) is 20.9 Å². The Hall–Kier alpha value is -2.55. The van der Waals surface area contributed by atoms with Crippen molar-refractivity contribution in [2.75, 3.05) is 11.3 Å². The van der Waals surface area contributed by atoms with Crippen molar-refractivity contribution in [3.05, 3.63) is 59.7 Å². The minimum absolute atomic E-state index is 0.230. The molecule has 0 saturated carbocycles. The number of hydrogen-bond donors (Lipinski definition) is 1.